The van der Waals surface area contributed by atoms with Crippen molar-refractivity contribution in [3.8, 4) is 22.8 Å². The maximum Gasteiger partial charge on any atom is 0.335 e. The predicted octanol–water partition coefficient (Wildman–Crippen LogP) is 9.93. The van der Waals surface area contributed by atoms with Crippen LogP contribution in [-0.4, -0.2) is 54.3 Å². The van der Waals surface area contributed by atoms with E-state index in [1.165, 1.54) is 12.4 Å². The van der Waals surface area contributed by atoms with Crippen LogP contribution in [0.2, 0.25) is 0 Å². The zero-order chi connectivity index (χ0) is 38.5. The Hall–Kier alpha value is -1.78. The summed E-state index contributed by atoms with van der Waals surface area (Å²) in [4.78, 5) is 58.1. The van der Waals surface area contributed by atoms with Gasteiger partial charge in [-0.2, -0.15) is 0 Å². The van der Waals surface area contributed by atoms with E-state index < -0.39 is 27.1 Å². The molecule has 0 radical (unpaired) electrons. The standard InChI is InChI=1S/C28H14Cl12N8O4/c29-25(30,31)21-43-19(44-22(47-21)26(32,33)34)15-5-1-13(2-6-15)11-41-51-17(49)9-10-18(50)52-42-12-14-3-7-16(8-4-14)20-45-23(27(35,36)37)48-24(46-20)28(38,39)40/h1-8,11-12H,9-10H2/b41-11+,42-12+. The molecule has 12 nitrogen and oxygen atoms in total. The molecule has 0 aliphatic rings. The molecule has 0 saturated carbocycles. The minimum Gasteiger partial charge on any atom is -0.318 e. The van der Waals surface area contributed by atoms with Crippen molar-refractivity contribution in [3.63, 3.8) is 0 Å². The van der Waals surface area contributed by atoms with Gasteiger partial charge < -0.3 is 9.68 Å². The molecule has 4 rings (SSSR count). The van der Waals surface area contributed by atoms with E-state index >= 15 is 0 Å². The van der Waals surface area contributed by atoms with E-state index in [0.29, 0.717) is 22.3 Å². The third-order valence-corrected chi connectivity index (χ3v) is 7.90. The number of carbonyl (C=O) groups is 2. The van der Waals surface area contributed by atoms with Gasteiger partial charge in [0, 0.05) is 11.1 Å². The van der Waals surface area contributed by atoms with Crippen molar-refractivity contribution >= 4 is 164 Å². The third kappa shape index (κ3) is 12.9. The largest absolute Gasteiger partial charge is 0.335 e. The molecule has 0 spiro atoms. The van der Waals surface area contributed by atoms with Crippen molar-refractivity contribution in [1.29, 1.82) is 0 Å². The maximum atomic E-state index is 12.1. The Morgan fingerprint density at radius 2 is 0.750 bits per heavy atom. The lowest BCUT2D eigenvalue weighted by atomic mass is 10.1. The summed E-state index contributed by atoms with van der Waals surface area (Å²) in [5, 5.41) is 7.25. The first-order valence-corrected chi connectivity index (χ1v) is 18.1. The quantitative estimate of drug-likeness (QED) is 0.0685. The van der Waals surface area contributed by atoms with Crippen LogP contribution in [-0.2, 0) is 34.4 Å². The fourth-order valence-corrected chi connectivity index (χ4v) is 4.56. The molecule has 0 bridgehead atoms. The van der Waals surface area contributed by atoms with E-state index in [1.807, 2.05) is 0 Å². The minimum atomic E-state index is -2.01. The molecule has 4 aromatic rings. The second-order valence-corrected chi connectivity index (χ2v) is 18.9. The Kier molecular flexibility index (Phi) is 14.7. The predicted molar refractivity (Wildman–Crippen MR) is 204 cm³/mol. The van der Waals surface area contributed by atoms with Crippen LogP contribution in [0.5, 0.6) is 0 Å². The van der Waals surface area contributed by atoms with Crippen LogP contribution in [0.4, 0.5) is 0 Å². The summed E-state index contributed by atoms with van der Waals surface area (Å²) in [6, 6.07) is 12.8. The zero-order valence-electron chi connectivity index (χ0n) is 24.9. The van der Waals surface area contributed by atoms with Gasteiger partial charge in [0.2, 0.25) is 15.2 Å². The summed E-state index contributed by atoms with van der Waals surface area (Å²) in [7, 11) is 0. The van der Waals surface area contributed by atoms with Crippen LogP contribution in [0.3, 0.4) is 0 Å². The molecule has 0 saturated heterocycles. The number of hydrogen-bond acceptors (Lipinski definition) is 12. The number of alkyl halides is 12. The summed E-state index contributed by atoms with van der Waals surface area (Å²) in [5.41, 5.74) is 1.94. The number of oxime groups is 2. The molecule has 2 aromatic carbocycles. The molecular weight excluding hydrogens is 938 g/mol. The maximum absolute atomic E-state index is 12.1. The topological polar surface area (TPSA) is 155 Å². The summed E-state index contributed by atoms with van der Waals surface area (Å²) in [5.74, 6) is -2.48. The fourth-order valence-electron chi connectivity index (χ4n) is 3.54. The van der Waals surface area contributed by atoms with Gasteiger partial charge in [-0.25, -0.2) is 39.5 Å². The monoisotopic (exact) mass is 946 g/mol. The Bertz CT molecular complexity index is 1770. The van der Waals surface area contributed by atoms with E-state index in [2.05, 4.69) is 40.2 Å². The number of carbonyl (C=O) groups excluding carboxylic acids is 2. The molecule has 0 N–H and O–H groups in total. The van der Waals surface area contributed by atoms with Gasteiger partial charge in [0.15, 0.2) is 34.9 Å². The average molecular weight is 952 g/mol. The van der Waals surface area contributed by atoms with Crippen LogP contribution in [0.25, 0.3) is 22.8 Å². The molecule has 24 heteroatoms. The second kappa shape index (κ2) is 17.8. The summed E-state index contributed by atoms with van der Waals surface area (Å²) < 4.78 is -8.06. The van der Waals surface area contributed by atoms with Crippen molar-refractivity contribution in [2.24, 2.45) is 10.3 Å². The molecule has 2 heterocycles. The molecule has 0 atom stereocenters. The highest BCUT2D eigenvalue weighted by molar-refractivity contribution is 6.68. The van der Waals surface area contributed by atoms with Crippen molar-refractivity contribution in [3.05, 3.63) is 83.0 Å². The molecular formula is C28H14Cl12N8O4. The highest BCUT2D eigenvalue weighted by atomic mass is 35.6. The molecule has 274 valence electrons. The molecule has 0 amide bonds. The summed E-state index contributed by atoms with van der Waals surface area (Å²) >= 11 is 71.0. The highest BCUT2D eigenvalue weighted by Gasteiger charge is 2.35. The lowest BCUT2D eigenvalue weighted by molar-refractivity contribution is -0.150. The number of benzene rings is 2. The number of rotatable bonds is 9. The van der Waals surface area contributed by atoms with E-state index in [9.17, 15) is 9.59 Å². The minimum absolute atomic E-state index is 0.0634. The van der Waals surface area contributed by atoms with Gasteiger partial charge in [-0.05, 0) is 11.1 Å². The van der Waals surface area contributed by atoms with Crippen molar-refractivity contribution in [2.45, 2.75) is 28.0 Å². The molecule has 0 aliphatic carbocycles. The van der Waals surface area contributed by atoms with E-state index in [1.54, 1.807) is 48.5 Å². The van der Waals surface area contributed by atoms with Crippen LogP contribution < -0.4 is 0 Å². The highest BCUT2D eigenvalue weighted by Crippen LogP contribution is 2.42. The first-order chi connectivity index (χ1) is 24.1. The van der Waals surface area contributed by atoms with Crippen LogP contribution >= 0.6 is 139 Å². The molecule has 2 aromatic heterocycles. The number of aromatic nitrogens is 6. The Labute approximate surface area is 353 Å². The van der Waals surface area contributed by atoms with Gasteiger partial charge >= 0.3 is 11.9 Å². The summed E-state index contributed by atoms with van der Waals surface area (Å²) in [6.07, 6.45) is 1.83. The normalized spacial score (nSPS) is 12.8. The Morgan fingerprint density at radius 3 is 1.00 bits per heavy atom. The van der Waals surface area contributed by atoms with Crippen molar-refractivity contribution in [2.75, 3.05) is 0 Å². The molecule has 52 heavy (non-hydrogen) atoms. The zero-order valence-corrected chi connectivity index (χ0v) is 34.0. The van der Waals surface area contributed by atoms with Gasteiger partial charge in [-0.3, -0.25) is 0 Å². The van der Waals surface area contributed by atoms with Gasteiger partial charge in [-0.15, -0.1) is 0 Å². The van der Waals surface area contributed by atoms with E-state index in [0.717, 1.165) is 0 Å². The smallest absolute Gasteiger partial charge is 0.318 e. The lowest BCUT2D eigenvalue weighted by Crippen LogP contribution is -2.16. The van der Waals surface area contributed by atoms with Gasteiger partial charge in [0.25, 0.3) is 0 Å². The average Bonchev–Trinajstić information content (AvgIpc) is 3.06. The lowest BCUT2D eigenvalue weighted by Gasteiger charge is -2.15. The van der Waals surface area contributed by atoms with E-state index in [-0.39, 0.29) is 47.8 Å². The Balaban J connectivity index is 1.27. The summed E-state index contributed by atoms with van der Waals surface area (Å²) in [6.45, 7) is 0. The fraction of sp³-hybridized carbons (Fsp3) is 0.214. The van der Waals surface area contributed by atoms with Gasteiger partial charge in [0.05, 0.1) is 25.3 Å². The van der Waals surface area contributed by atoms with Crippen molar-refractivity contribution in [1.82, 2.24) is 29.9 Å². The SMILES string of the molecule is O=C(CCC(=O)O/N=C/c1ccc(-c2nc(C(Cl)(Cl)Cl)nc(C(Cl)(Cl)Cl)n2)cc1)O/N=C/c1ccc(-c2nc(C(Cl)(Cl)Cl)nc(C(Cl)(Cl)Cl)n2)cc1. The van der Waals surface area contributed by atoms with Gasteiger partial charge in [-0.1, -0.05) is 198 Å². The van der Waals surface area contributed by atoms with Crippen LogP contribution in [0.15, 0.2) is 58.8 Å². The molecule has 0 unspecified atom stereocenters. The van der Waals surface area contributed by atoms with Crippen LogP contribution in [0.1, 0.15) is 47.3 Å². The van der Waals surface area contributed by atoms with Crippen molar-refractivity contribution < 1.29 is 19.3 Å². The number of nitrogens with zero attached hydrogens (tertiary/aromatic N) is 8. The molecule has 0 fully saturated rings. The first kappa shape index (κ1) is 43.0. The first-order valence-electron chi connectivity index (χ1n) is 13.6. The second-order valence-electron chi connectivity index (χ2n) is 9.74. The van der Waals surface area contributed by atoms with E-state index in [4.69, 9.17) is 149 Å². The molecule has 0 aliphatic heterocycles. The van der Waals surface area contributed by atoms with Crippen LogP contribution in [0, 0.1) is 0 Å². The Morgan fingerprint density at radius 1 is 0.481 bits per heavy atom. The third-order valence-electron chi connectivity index (χ3n) is 5.87. The number of halogens is 12. The van der Waals surface area contributed by atoms with Gasteiger partial charge in [0.1, 0.15) is 0 Å². The number of hydrogen-bond donors (Lipinski definition) is 0.